The summed E-state index contributed by atoms with van der Waals surface area (Å²) in [5.74, 6) is 1.40. The summed E-state index contributed by atoms with van der Waals surface area (Å²) in [6.45, 7) is 10.2. The van der Waals surface area contributed by atoms with Crippen molar-refractivity contribution in [3.63, 3.8) is 0 Å². The van der Waals surface area contributed by atoms with E-state index < -0.39 is 0 Å². The zero-order chi connectivity index (χ0) is 14.6. The molecule has 0 amide bonds. The van der Waals surface area contributed by atoms with Crippen LogP contribution < -0.4 is 5.32 Å². The highest BCUT2D eigenvalue weighted by atomic mass is 32.1. The first-order chi connectivity index (χ1) is 9.61. The highest BCUT2D eigenvalue weighted by Gasteiger charge is 2.39. The monoisotopic (exact) mass is 294 g/mol. The maximum Gasteiger partial charge on any atom is 0.113 e. The van der Waals surface area contributed by atoms with Gasteiger partial charge in [0.25, 0.3) is 0 Å². The van der Waals surface area contributed by atoms with E-state index in [-0.39, 0.29) is 5.54 Å². The molecule has 0 aliphatic heterocycles. The molecule has 0 aromatic carbocycles. The lowest BCUT2D eigenvalue weighted by molar-refractivity contribution is 0.174. The second-order valence-electron chi connectivity index (χ2n) is 6.61. The van der Waals surface area contributed by atoms with Crippen molar-refractivity contribution in [2.75, 3.05) is 6.54 Å². The minimum absolute atomic E-state index is 0.159. The van der Waals surface area contributed by atoms with Crippen LogP contribution in [0.1, 0.15) is 82.8 Å². The van der Waals surface area contributed by atoms with Gasteiger partial charge in [0.1, 0.15) is 5.01 Å². The predicted octanol–water partition coefficient (Wildman–Crippen LogP) is 5.06. The largest absolute Gasteiger partial charge is 0.305 e. The van der Waals surface area contributed by atoms with Gasteiger partial charge < -0.3 is 5.32 Å². The Morgan fingerprint density at radius 3 is 2.85 bits per heavy atom. The lowest BCUT2D eigenvalue weighted by Gasteiger charge is -2.40. The van der Waals surface area contributed by atoms with Crippen LogP contribution >= 0.6 is 11.3 Å². The zero-order valence-corrected chi connectivity index (χ0v) is 14.4. The Hall–Kier alpha value is -0.410. The van der Waals surface area contributed by atoms with Gasteiger partial charge in [-0.05, 0) is 37.6 Å². The Morgan fingerprint density at radius 1 is 1.45 bits per heavy atom. The van der Waals surface area contributed by atoms with E-state index >= 15 is 0 Å². The van der Waals surface area contributed by atoms with Gasteiger partial charge >= 0.3 is 0 Å². The Bertz CT molecular complexity index is 413. The first-order valence-corrected chi connectivity index (χ1v) is 9.20. The number of hydrogen-bond donors (Lipinski definition) is 1. The topological polar surface area (TPSA) is 24.9 Å². The third-order valence-electron chi connectivity index (χ3n) is 4.67. The number of nitrogens with zero attached hydrogens (tertiary/aromatic N) is 1. The van der Waals surface area contributed by atoms with Gasteiger partial charge in [0.15, 0.2) is 0 Å². The molecule has 1 aromatic heterocycles. The Balaban J connectivity index is 2.25. The molecule has 0 saturated heterocycles. The van der Waals surface area contributed by atoms with Crippen LogP contribution in [0.25, 0.3) is 0 Å². The molecule has 1 heterocycles. The van der Waals surface area contributed by atoms with Gasteiger partial charge in [0, 0.05) is 5.38 Å². The van der Waals surface area contributed by atoms with Gasteiger partial charge in [-0.3, -0.25) is 0 Å². The first-order valence-electron chi connectivity index (χ1n) is 8.32. The zero-order valence-electron chi connectivity index (χ0n) is 13.5. The lowest BCUT2D eigenvalue weighted by atomic mass is 9.75. The first kappa shape index (κ1) is 16.0. The number of hydrogen-bond acceptors (Lipinski definition) is 3. The van der Waals surface area contributed by atoms with Crippen molar-refractivity contribution in [1.82, 2.24) is 10.3 Å². The molecule has 1 aliphatic rings. The van der Waals surface area contributed by atoms with Crippen LogP contribution in [0.5, 0.6) is 0 Å². The third kappa shape index (κ3) is 3.43. The lowest BCUT2D eigenvalue weighted by Crippen LogP contribution is -2.46. The SMILES string of the molecule is CCCNC1(c2nc(C(C)C)cs2)CCCC(CC)C1. The van der Waals surface area contributed by atoms with Gasteiger partial charge in [-0.2, -0.15) is 0 Å². The molecular formula is C17H30N2S. The fourth-order valence-corrected chi connectivity index (χ4v) is 4.50. The number of thiazole rings is 1. The van der Waals surface area contributed by atoms with E-state index in [1.54, 1.807) is 0 Å². The summed E-state index contributed by atoms with van der Waals surface area (Å²) >= 11 is 1.87. The van der Waals surface area contributed by atoms with E-state index in [9.17, 15) is 0 Å². The van der Waals surface area contributed by atoms with Crippen LogP contribution in [0.4, 0.5) is 0 Å². The minimum atomic E-state index is 0.159. The minimum Gasteiger partial charge on any atom is -0.305 e. The van der Waals surface area contributed by atoms with Crippen LogP contribution in [-0.2, 0) is 5.54 Å². The van der Waals surface area contributed by atoms with Crippen molar-refractivity contribution in [1.29, 1.82) is 0 Å². The van der Waals surface area contributed by atoms with E-state index in [1.807, 2.05) is 11.3 Å². The highest BCUT2D eigenvalue weighted by molar-refractivity contribution is 7.09. The van der Waals surface area contributed by atoms with Crippen LogP contribution in [0, 0.1) is 5.92 Å². The van der Waals surface area contributed by atoms with E-state index in [0.717, 1.165) is 12.5 Å². The molecule has 114 valence electrons. The molecule has 0 bridgehead atoms. The molecule has 20 heavy (non-hydrogen) atoms. The highest BCUT2D eigenvalue weighted by Crippen LogP contribution is 2.42. The average molecular weight is 295 g/mol. The molecular weight excluding hydrogens is 264 g/mol. The smallest absolute Gasteiger partial charge is 0.113 e. The van der Waals surface area contributed by atoms with E-state index in [2.05, 4.69) is 38.4 Å². The molecule has 1 saturated carbocycles. The number of aromatic nitrogens is 1. The second-order valence-corrected chi connectivity index (χ2v) is 7.47. The third-order valence-corrected chi connectivity index (χ3v) is 5.73. The average Bonchev–Trinajstić information content (AvgIpc) is 2.96. The molecule has 1 aromatic rings. The number of rotatable bonds is 6. The predicted molar refractivity (Wildman–Crippen MR) is 88.4 cm³/mol. The van der Waals surface area contributed by atoms with Gasteiger partial charge in [-0.15, -0.1) is 11.3 Å². The van der Waals surface area contributed by atoms with Crippen molar-refractivity contribution in [3.8, 4) is 0 Å². The quantitative estimate of drug-likeness (QED) is 0.793. The molecule has 2 rings (SSSR count). The van der Waals surface area contributed by atoms with Crippen LogP contribution in [-0.4, -0.2) is 11.5 Å². The summed E-state index contributed by atoms with van der Waals surface area (Å²) < 4.78 is 0. The van der Waals surface area contributed by atoms with E-state index in [0.29, 0.717) is 5.92 Å². The summed E-state index contributed by atoms with van der Waals surface area (Å²) in [5.41, 5.74) is 1.42. The van der Waals surface area contributed by atoms with Crippen molar-refractivity contribution in [3.05, 3.63) is 16.1 Å². The Kier molecular flexibility index (Phi) is 5.62. The van der Waals surface area contributed by atoms with Gasteiger partial charge in [-0.1, -0.05) is 47.0 Å². The van der Waals surface area contributed by atoms with Gasteiger partial charge in [-0.25, -0.2) is 4.98 Å². The Labute approximate surface area is 128 Å². The molecule has 1 fully saturated rings. The number of nitrogens with one attached hydrogen (secondary N) is 1. The second kappa shape index (κ2) is 7.04. The molecule has 2 atom stereocenters. The van der Waals surface area contributed by atoms with Crippen molar-refractivity contribution >= 4 is 11.3 Å². The summed E-state index contributed by atoms with van der Waals surface area (Å²) in [6, 6.07) is 0. The summed E-state index contributed by atoms with van der Waals surface area (Å²) in [6.07, 6.45) is 7.77. The molecule has 2 unspecified atom stereocenters. The van der Waals surface area contributed by atoms with Crippen molar-refractivity contribution in [2.45, 2.75) is 77.7 Å². The van der Waals surface area contributed by atoms with Crippen LogP contribution in [0.3, 0.4) is 0 Å². The van der Waals surface area contributed by atoms with E-state index in [4.69, 9.17) is 4.98 Å². The normalized spacial score (nSPS) is 27.1. The summed E-state index contributed by atoms with van der Waals surface area (Å²) in [4.78, 5) is 4.98. The molecule has 1 N–H and O–H groups in total. The molecule has 1 aliphatic carbocycles. The molecule has 0 spiro atoms. The maximum atomic E-state index is 4.98. The van der Waals surface area contributed by atoms with Crippen LogP contribution in [0.15, 0.2) is 5.38 Å². The van der Waals surface area contributed by atoms with Gasteiger partial charge in [0.05, 0.1) is 11.2 Å². The fraction of sp³-hybridized carbons (Fsp3) is 0.824. The van der Waals surface area contributed by atoms with E-state index in [1.165, 1.54) is 49.2 Å². The summed E-state index contributed by atoms with van der Waals surface area (Å²) in [7, 11) is 0. The molecule has 0 radical (unpaired) electrons. The van der Waals surface area contributed by atoms with Gasteiger partial charge in [0.2, 0.25) is 0 Å². The van der Waals surface area contributed by atoms with Crippen molar-refractivity contribution < 1.29 is 0 Å². The molecule has 3 heteroatoms. The fourth-order valence-electron chi connectivity index (χ4n) is 3.30. The Morgan fingerprint density at radius 2 is 2.25 bits per heavy atom. The maximum absolute atomic E-state index is 4.98. The summed E-state index contributed by atoms with van der Waals surface area (Å²) in [5, 5.41) is 7.47. The van der Waals surface area contributed by atoms with Crippen LogP contribution in [0.2, 0.25) is 0 Å². The standard InChI is InChI=1S/C17H30N2S/c1-5-10-18-17(9-7-8-14(6-2)11-17)16-19-15(12-20-16)13(3)4/h12-14,18H,5-11H2,1-4H3. The van der Waals surface area contributed by atoms with Crippen molar-refractivity contribution in [2.24, 2.45) is 5.92 Å². The molecule has 2 nitrogen and oxygen atoms in total.